The summed E-state index contributed by atoms with van der Waals surface area (Å²) < 4.78 is 5.79. The molecule has 0 aliphatic carbocycles. The number of hydrogen-bond acceptors (Lipinski definition) is 4. The van der Waals surface area contributed by atoms with Gasteiger partial charge in [-0.25, -0.2) is 4.98 Å². The zero-order chi connectivity index (χ0) is 12.7. The predicted molar refractivity (Wildman–Crippen MR) is 68.9 cm³/mol. The topological polar surface area (TPSA) is 67.0 Å². The number of rotatable bonds is 3. The van der Waals surface area contributed by atoms with E-state index >= 15 is 0 Å². The maximum atomic E-state index is 11.6. The quantitative estimate of drug-likeness (QED) is 0.854. The molecule has 0 radical (unpaired) electrons. The Morgan fingerprint density at radius 2 is 2.33 bits per heavy atom. The first-order chi connectivity index (χ1) is 8.61. The molecule has 1 aromatic rings. The van der Waals surface area contributed by atoms with E-state index in [0.29, 0.717) is 24.1 Å². The molecule has 5 heteroatoms. The fourth-order valence-corrected chi connectivity index (χ4v) is 2.80. The lowest BCUT2D eigenvalue weighted by Crippen LogP contribution is -2.31. The monoisotopic (exact) mass is 249 g/mol. The van der Waals surface area contributed by atoms with Crippen molar-refractivity contribution in [3.8, 4) is 0 Å². The van der Waals surface area contributed by atoms with Gasteiger partial charge in [0.15, 0.2) is 0 Å². The van der Waals surface area contributed by atoms with E-state index in [0.717, 1.165) is 18.7 Å². The summed E-state index contributed by atoms with van der Waals surface area (Å²) in [7, 11) is 0. The maximum absolute atomic E-state index is 11.6. The average molecular weight is 249 g/mol. The van der Waals surface area contributed by atoms with E-state index < -0.39 is 0 Å². The summed E-state index contributed by atoms with van der Waals surface area (Å²) in [5.41, 5.74) is -0.0970. The third kappa shape index (κ3) is 2.14. The summed E-state index contributed by atoms with van der Waals surface area (Å²) >= 11 is 0. The molecular weight excluding hydrogens is 230 g/mol. The Morgan fingerprint density at radius 1 is 1.50 bits per heavy atom. The van der Waals surface area contributed by atoms with Crippen molar-refractivity contribution >= 4 is 5.82 Å². The van der Waals surface area contributed by atoms with Crippen LogP contribution in [0.4, 0.5) is 5.82 Å². The molecule has 3 heterocycles. The van der Waals surface area contributed by atoms with Crippen molar-refractivity contribution in [3.05, 3.63) is 22.2 Å². The van der Waals surface area contributed by atoms with Gasteiger partial charge in [-0.05, 0) is 19.3 Å². The Labute approximate surface area is 106 Å². The molecule has 2 aliphatic heterocycles. The molecular formula is C13H19N3O2. The molecule has 98 valence electrons. The molecule has 0 spiro atoms. The summed E-state index contributed by atoms with van der Waals surface area (Å²) in [6, 6.07) is 1.83. The van der Waals surface area contributed by atoms with Crippen molar-refractivity contribution in [2.24, 2.45) is 0 Å². The number of nitrogens with one attached hydrogen (secondary N) is 2. The molecule has 1 aromatic heterocycles. The van der Waals surface area contributed by atoms with Gasteiger partial charge < -0.3 is 15.0 Å². The van der Waals surface area contributed by atoms with E-state index in [9.17, 15) is 4.79 Å². The van der Waals surface area contributed by atoms with E-state index in [4.69, 9.17) is 4.74 Å². The Hall–Kier alpha value is -1.36. The van der Waals surface area contributed by atoms with Crippen LogP contribution in [0.1, 0.15) is 44.9 Å². The number of aromatic amines is 1. The van der Waals surface area contributed by atoms with Crippen molar-refractivity contribution in [1.82, 2.24) is 9.97 Å². The van der Waals surface area contributed by atoms with Gasteiger partial charge in [-0.15, -0.1) is 0 Å². The van der Waals surface area contributed by atoms with Gasteiger partial charge in [0.1, 0.15) is 11.6 Å². The van der Waals surface area contributed by atoms with Crippen LogP contribution in [0.15, 0.2) is 10.9 Å². The van der Waals surface area contributed by atoms with Gasteiger partial charge in [0.05, 0.1) is 18.2 Å². The predicted octanol–water partition coefficient (Wildman–Crippen LogP) is 1.63. The molecule has 2 aliphatic rings. The van der Waals surface area contributed by atoms with Crippen LogP contribution in [0.3, 0.4) is 0 Å². The van der Waals surface area contributed by atoms with Gasteiger partial charge in [0.25, 0.3) is 5.56 Å². The fourth-order valence-electron chi connectivity index (χ4n) is 2.80. The van der Waals surface area contributed by atoms with Crippen LogP contribution >= 0.6 is 0 Å². The van der Waals surface area contributed by atoms with Crippen molar-refractivity contribution in [2.75, 3.05) is 5.32 Å². The second-order valence-corrected chi connectivity index (χ2v) is 5.53. The molecule has 2 fully saturated rings. The number of H-pyrrole nitrogens is 1. The third-order valence-corrected chi connectivity index (χ3v) is 3.75. The van der Waals surface area contributed by atoms with Crippen LogP contribution in [-0.2, 0) is 4.74 Å². The Bertz CT molecular complexity index is 497. The number of nitrogens with zero attached hydrogens (tertiary/aromatic N) is 1. The molecule has 0 saturated carbocycles. The number of anilines is 1. The minimum atomic E-state index is -0.0970. The molecule has 5 nitrogen and oxygen atoms in total. The summed E-state index contributed by atoms with van der Waals surface area (Å²) in [6.07, 6.45) is 4.00. The molecule has 2 bridgehead atoms. The van der Waals surface area contributed by atoms with E-state index in [1.54, 1.807) is 0 Å². The largest absolute Gasteiger partial charge is 0.373 e. The van der Waals surface area contributed by atoms with E-state index in [2.05, 4.69) is 15.3 Å². The van der Waals surface area contributed by atoms with Crippen molar-refractivity contribution in [2.45, 2.75) is 57.3 Å². The molecule has 3 atom stereocenters. The minimum Gasteiger partial charge on any atom is -0.373 e. The molecule has 2 saturated heterocycles. The number of fused-ring (bicyclic) bond motifs is 2. The summed E-state index contributed by atoms with van der Waals surface area (Å²) in [5, 5.41) is 3.35. The lowest BCUT2D eigenvalue weighted by molar-refractivity contribution is 0.102. The maximum Gasteiger partial charge on any atom is 0.252 e. The highest BCUT2D eigenvalue weighted by molar-refractivity contribution is 5.36. The zero-order valence-electron chi connectivity index (χ0n) is 10.8. The summed E-state index contributed by atoms with van der Waals surface area (Å²) in [6.45, 7) is 4.03. The van der Waals surface area contributed by atoms with Crippen LogP contribution in [0, 0.1) is 0 Å². The molecule has 0 amide bonds. The highest BCUT2D eigenvalue weighted by atomic mass is 16.5. The van der Waals surface area contributed by atoms with Crippen LogP contribution in [0.25, 0.3) is 0 Å². The fraction of sp³-hybridized carbons (Fsp3) is 0.692. The Morgan fingerprint density at radius 3 is 2.94 bits per heavy atom. The molecule has 3 rings (SSSR count). The Kier molecular flexibility index (Phi) is 2.86. The van der Waals surface area contributed by atoms with Crippen molar-refractivity contribution in [3.63, 3.8) is 0 Å². The molecule has 0 aromatic carbocycles. The highest BCUT2D eigenvalue weighted by Crippen LogP contribution is 2.35. The Balaban J connectivity index is 1.78. The SMILES string of the molecule is CC(C)c1nc(NC2CC3CCC2O3)cc(=O)[nH]1. The van der Waals surface area contributed by atoms with E-state index in [-0.39, 0.29) is 11.5 Å². The van der Waals surface area contributed by atoms with Crippen molar-refractivity contribution in [1.29, 1.82) is 0 Å². The standard InChI is InChI=1S/C13H19N3O2/c1-7(2)13-15-11(6-12(17)16-13)14-9-5-8-3-4-10(9)18-8/h6-10H,3-5H2,1-2H3,(H2,14,15,16,17). The summed E-state index contributed by atoms with van der Waals surface area (Å²) in [4.78, 5) is 18.8. The molecule has 18 heavy (non-hydrogen) atoms. The van der Waals surface area contributed by atoms with Crippen LogP contribution in [-0.4, -0.2) is 28.2 Å². The van der Waals surface area contributed by atoms with Gasteiger partial charge in [-0.2, -0.15) is 0 Å². The summed E-state index contributed by atoms with van der Waals surface area (Å²) in [5.74, 6) is 1.62. The van der Waals surface area contributed by atoms with Gasteiger partial charge in [0.2, 0.25) is 0 Å². The second-order valence-electron chi connectivity index (χ2n) is 5.53. The normalized spacial score (nSPS) is 30.1. The third-order valence-electron chi connectivity index (χ3n) is 3.75. The van der Waals surface area contributed by atoms with Crippen LogP contribution in [0.2, 0.25) is 0 Å². The van der Waals surface area contributed by atoms with Crippen LogP contribution < -0.4 is 10.9 Å². The minimum absolute atomic E-state index is 0.0970. The first-order valence-electron chi connectivity index (χ1n) is 6.65. The second kappa shape index (κ2) is 4.39. The lowest BCUT2D eigenvalue weighted by Gasteiger charge is -2.20. The number of ether oxygens (including phenoxy) is 1. The molecule has 2 N–H and O–H groups in total. The first-order valence-corrected chi connectivity index (χ1v) is 6.65. The lowest BCUT2D eigenvalue weighted by atomic mass is 9.95. The smallest absolute Gasteiger partial charge is 0.252 e. The first kappa shape index (κ1) is 11.7. The average Bonchev–Trinajstić information content (AvgIpc) is 2.90. The van der Waals surface area contributed by atoms with Crippen molar-refractivity contribution < 1.29 is 4.74 Å². The van der Waals surface area contributed by atoms with Gasteiger partial charge >= 0.3 is 0 Å². The number of aromatic nitrogens is 2. The zero-order valence-corrected chi connectivity index (χ0v) is 10.8. The van der Waals surface area contributed by atoms with Gasteiger partial charge in [-0.1, -0.05) is 13.8 Å². The van der Waals surface area contributed by atoms with E-state index in [1.165, 1.54) is 12.5 Å². The number of hydrogen-bond donors (Lipinski definition) is 2. The van der Waals surface area contributed by atoms with Crippen LogP contribution in [0.5, 0.6) is 0 Å². The van der Waals surface area contributed by atoms with Gasteiger partial charge in [-0.3, -0.25) is 4.79 Å². The highest BCUT2D eigenvalue weighted by Gasteiger charge is 2.40. The molecule has 3 unspecified atom stereocenters. The van der Waals surface area contributed by atoms with Gasteiger partial charge in [0, 0.05) is 12.0 Å². The van der Waals surface area contributed by atoms with E-state index in [1.807, 2.05) is 13.8 Å².